The summed E-state index contributed by atoms with van der Waals surface area (Å²) in [5.41, 5.74) is 7.86. The third kappa shape index (κ3) is 4.40. The van der Waals surface area contributed by atoms with Gasteiger partial charge in [0.2, 0.25) is 0 Å². The SMILES string of the molecule is C/C(=C\c1ccc(/C=C2\SC(=O)NC2=O)cc1)c1ccc2c(c1)C(C)(C)CCC2(C)C. The monoisotopic (exact) mass is 431 g/mol. The Hall–Kier alpha value is -2.59. The lowest BCUT2D eigenvalue weighted by atomic mass is 9.63. The van der Waals surface area contributed by atoms with E-state index in [0.29, 0.717) is 4.91 Å². The number of hydrogen-bond acceptors (Lipinski definition) is 3. The summed E-state index contributed by atoms with van der Waals surface area (Å²) in [7, 11) is 0. The van der Waals surface area contributed by atoms with Crippen LogP contribution in [0.2, 0.25) is 0 Å². The molecule has 4 heteroatoms. The fraction of sp³-hybridized carbons (Fsp3) is 0.333. The van der Waals surface area contributed by atoms with Crippen LogP contribution in [-0.4, -0.2) is 11.1 Å². The number of amides is 2. The number of imide groups is 1. The molecule has 0 bridgehead atoms. The number of allylic oxidation sites excluding steroid dienone is 1. The molecule has 2 aromatic rings. The van der Waals surface area contributed by atoms with Crippen molar-refractivity contribution in [2.24, 2.45) is 0 Å². The highest BCUT2D eigenvalue weighted by Crippen LogP contribution is 2.46. The number of benzene rings is 2. The van der Waals surface area contributed by atoms with E-state index in [4.69, 9.17) is 0 Å². The first-order valence-corrected chi connectivity index (χ1v) is 11.6. The molecule has 1 N–H and O–H groups in total. The van der Waals surface area contributed by atoms with E-state index in [1.165, 1.54) is 35.1 Å². The second-order valence-electron chi connectivity index (χ2n) is 9.87. The number of carbonyl (C=O) groups excluding carboxylic acids is 2. The molecule has 31 heavy (non-hydrogen) atoms. The van der Waals surface area contributed by atoms with Gasteiger partial charge in [0.25, 0.3) is 11.1 Å². The summed E-state index contributed by atoms with van der Waals surface area (Å²) in [6.45, 7) is 11.6. The van der Waals surface area contributed by atoms with E-state index >= 15 is 0 Å². The summed E-state index contributed by atoms with van der Waals surface area (Å²) in [5, 5.41) is 1.97. The third-order valence-electron chi connectivity index (χ3n) is 6.57. The van der Waals surface area contributed by atoms with Gasteiger partial charge in [-0.3, -0.25) is 14.9 Å². The molecule has 0 atom stereocenters. The van der Waals surface area contributed by atoms with Gasteiger partial charge in [-0.1, -0.05) is 76.2 Å². The van der Waals surface area contributed by atoms with Crippen LogP contribution in [0.1, 0.15) is 75.3 Å². The molecule has 1 heterocycles. The normalized spacial score (nSPS) is 21.2. The second-order valence-corrected chi connectivity index (χ2v) is 10.9. The van der Waals surface area contributed by atoms with Crippen molar-refractivity contribution in [1.82, 2.24) is 5.32 Å². The van der Waals surface area contributed by atoms with Crippen molar-refractivity contribution >= 4 is 40.6 Å². The van der Waals surface area contributed by atoms with Crippen LogP contribution in [-0.2, 0) is 15.6 Å². The maximum absolute atomic E-state index is 11.7. The van der Waals surface area contributed by atoms with Gasteiger partial charge in [0.05, 0.1) is 4.91 Å². The van der Waals surface area contributed by atoms with Crippen molar-refractivity contribution in [3.05, 3.63) is 75.2 Å². The van der Waals surface area contributed by atoms with E-state index < -0.39 is 0 Å². The molecule has 2 amide bonds. The minimum Gasteiger partial charge on any atom is -0.282 e. The summed E-state index contributed by atoms with van der Waals surface area (Å²) in [6, 6.07) is 15.0. The third-order valence-corrected chi connectivity index (χ3v) is 7.38. The first kappa shape index (κ1) is 21.6. The van der Waals surface area contributed by atoms with E-state index in [2.05, 4.69) is 64.2 Å². The molecule has 2 aromatic carbocycles. The molecular weight excluding hydrogens is 402 g/mol. The lowest BCUT2D eigenvalue weighted by Gasteiger charge is -2.42. The predicted molar refractivity (Wildman–Crippen MR) is 131 cm³/mol. The average molecular weight is 432 g/mol. The Kier molecular flexibility index (Phi) is 5.47. The highest BCUT2D eigenvalue weighted by molar-refractivity contribution is 8.18. The smallest absolute Gasteiger partial charge is 0.282 e. The number of thioether (sulfide) groups is 1. The average Bonchev–Trinajstić information content (AvgIpc) is 3.03. The van der Waals surface area contributed by atoms with Crippen LogP contribution >= 0.6 is 11.8 Å². The predicted octanol–water partition coefficient (Wildman–Crippen LogP) is 6.92. The van der Waals surface area contributed by atoms with Gasteiger partial charge in [-0.25, -0.2) is 0 Å². The van der Waals surface area contributed by atoms with Crippen molar-refractivity contribution in [2.75, 3.05) is 0 Å². The Morgan fingerprint density at radius 2 is 1.52 bits per heavy atom. The van der Waals surface area contributed by atoms with Gasteiger partial charge < -0.3 is 0 Å². The molecule has 0 saturated carbocycles. The molecule has 1 fully saturated rings. The number of rotatable bonds is 3. The molecule has 160 valence electrons. The summed E-state index contributed by atoms with van der Waals surface area (Å²) in [6.07, 6.45) is 6.37. The fourth-order valence-corrected chi connectivity index (χ4v) is 5.11. The lowest BCUT2D eigenvalue weighted by Crippen LogP contribution is -2.33. The maximum Gasteiger partial charge on any atom is 0.290 e. The highest BCUT2D eigenvalue weighted by atomic mass is 32.2. The number of hydrogen-bond donors (Lipinski definition) is 1. The molecule has 1 aliphatic heterocycles. The summed E-state index contributed by atoms with van der Waals surface area (Å²) >= 11 is 0.941. The van der Waals surface area contributed by atoms with Crippen LogP contribution in [0.25, 0.3) is 17.7 Å². The Morgan fingerprint density at radius 1 is 0.903 bits per heavy atom. The van der Waals surface area contributed by atoms with Crippen LogP contribution in [0.3, 0.4) is 0 Å². The van der Waals surface area contributed by atoms with Gasteiger partial charge in [-0.2, -0.15) is 0 Å². The van der Waals surface area contributed by atoms with Crippen LogP contribution in [0.4, 0.5) is 4.79 Å². The van der Waals surface area contributed by atoms with Gasteiger partial charge in [0, 0.05) is 0 Å². The van der Waals surface area contributed by atoms with Crippen LogP contribution < -0.4 is 5.32 Å². The van der Waals surface area contributed by atoms with E-state index in [9.17, 15) is 9.59 Å². The summed E-state index contributed by atoms with van der Waals surface area (Å²) in [5.74, 6) is -0.326. The quantitative estimate of drug-likeness (QED) is 0.424. The molecule has 0 radical (unpaired) electrons. The zero-order valence-electron chi connectivity index (χ0n) is 18.8. The van der Waals surface area contributed by atoms with E-state index in [1.807, 2.05) is 24.3 Å². The maximum atomic E-state index is 11.7. The number of fused-ring (bicyclic) bond motifs is 1. The summed E-state index contributed by atoms with van der Waals surface area (Å²) in [4.78, 5) is 23.5. The van der Waals surface area contributed by atoms with Crippen molar-refractivity contribution in [3.8, 4) is 0 Å². The first-order chi connectivity index (χ1) is 14.5. The lowest BCUT2D eigenvalue weighted by molar-refractivity contribution is -0.115. The fourth-order valence-electron chi connectivity index (χ4n) is 4.43. The molecule has 0 spiro atoms. The first-order valence-electron chi connectivity index (χ1n) is 10.7. The zero-order valence-corrected chi connectivity index (χ0v) is 19.7. The van der Waals surface area contributed by atoms with Gasteiger partial charge in [0.15, 0.2) is 0 Å². The van der Waals surface area contributed by atoms with Crippen LogP contribution in [0.15, 0.2) is 47.4 Å². The molecule has 3 nitrogen and oxygen atoms in total. The highest BCUT2D eigenvalue weighted by Gasteiger charge is 2.36. The van der Waals surface area contributed by atoms with Crippen molar-refractivity contribution in [1.29, 1.82) is 0 Å². The van der Waals surface area contributed by atoms with Crippen molar-refractivity contribution in [2.45, 2.75) is 58.3 Å². The van der Waals surface area contributed by atoms with Crippen LogP contribution in [0.5, 0.6) is 0 Å². The number of nitrogens with one attached hydrogen (secondary N) is 1. The topological polar surface area (TPSA) is 46.2 Å². The standard InChI is InChI=1S/C27H29NO2S/c1-17(20-10-11-21-22(16-20)27(4,5)13-12-26(21,2)3)14-18-6-8-19(9-7-18)15-23-24(29)28-25(30)31-23/h6-11,14-16H,12-13H2,1-5H3,(H,28,29,30)/b17-14+,23-15-. The molecular formula is C27H29NO2S. The van der Waals surface area contributed by atoms with E-state index in [-0.39, 0.29) is 22.0 Å². The second kappa shape index (κ2) is 7.83. The van der Waals surface area contributed by atoms with Crippen molar-refractivity contribution in [3.63, 3.8) is 0 Å². The van der Waals surface area contributed by atoms with E-state index in [0.717, 1.165) is 22.9 Å². The zero-order chi connectivity index (χ0) is 22.4. The van der Waals surface area contributed by atoms with Crippen molar-refractivity contribution < 1.29 is 9.59 Å². The molecule has 4 rings (SSSR count). The summed E-state index contributed by atoms with van der Waals surface area (Å²) < 4.78 is 0. The number of carbonyl (C=O) groups is 2. The van der Waals surface area contributed by atoms with Gasteiger partial charge in [-0.05, 0) is 81.8 Å². The Morgan fingerprint density at radius 3 is 2.13 bits per heavy atom. The Balaban J connectivity index is 1.60. The minimum absolute atomic E-state index is 0.197. The molecule has 0 unspecified atom stereocenters. The van der Waals surface area contributed by atoms with Gasteiger partial charge in [0.1, 0.15) is 0 Å². The molecule has 1 aliphatic carbocycles. The molecule has 0 aromatic heterocycles. The Bertz CT molecular complexity index is 1120. The Labute approximate surface area is 189 Å². The molecule has 1 saturated heterocycles. The molecule has 2 aliphatic rings. The van der Waals surface area contributed by atoms with Gasteiger partial charge >= 0.3 is 0 Å². The van der Waals surface area contributed by atoms with Gasteiger partial charge in [-0.15, -0.1) is 0 Å². The van der Waals surface area contributed by atoms with E-state index in [1.54, 1.807) is 6.08 Å². The van der Waals surface area contributed by atoms with Crippen LogP contribution in [0, 0.1) is 0 Å². The minimum atomic E-state index is -0.326. The largest absolute Gasteiger partial charge is 0.290 e.